The Balaban J connectivity index is 1.91. The van der Waals surface area contributed by atoms with Gasteiger partial charge in [0.2, 0.25) is 0 Å². The number of benzene rings is 4. The van der Waals surface area contributed by atoms with Gasteiger partial charge >= 0.3 is 0 Å². The van der Waals surface area contributed by atoms with Crippen LogP contribution in [0, 0.1) is 0 Å². The Kier molecular flexibility index (Phi) is 7.08. The van der Waals surface area contributed by atoms with Crippen molar-refractivity contribution < 1.29 is 0 Å². The molecule has 0 amide bonds. The summed E-state index contributed by atoms with van der Waals surface area (Å²) in [6.07, 6.45) is 1.53. The van der Waals surface area contributed by atoms with Gasteiger partial charge in [-0.3, -0.25) is 0 Å². The quantitative estimate of drug-likeness (QED) is 0.195. The Morgan fingerprint density at radius 1 is 0.838 bits per heavy atom. The van der Waals surface area contributed by atoms with Crippen molar-refractivity contribution >= 4 is 39.1 Å². The lowest BCUT2D eigenvalue weighted by Gasteiger charge is -2.42. The van der Waals surface area contributed by atoms with Crippen LogP contribution in [0.3, 0.4) is 0 Å². The van der Waals surface area contributed by atoms with Crippen LogP contribution < -0.4 is 5.73 Å². The van der Waals surface area contributed by atoms with Crippen molar-refractivity contribution in [3.8, 4) is 0 Å². The summed E-state index contributed by atoms with van der Waals surface area (Å²) < 4.78 is 0.934. The van der Waals surface area contributed by atoms with E-state index >= 15 is 0 Å². The van der Waals surface area contributed by atoms with Crippen LogP contribution in [0.25, 0.3) is 0 Å². The number of hydrogen-bond donors (Lipinski definition) is 1. The summed E-state index contributed by atoms with van der Waals surface area (Å²) in [6, 6.07) is 38.8. The maximum absolute atomic E-state index is 6.32. The predicted octanol–water partition coefficient (Wildman–Crippen LogP) is 7.41. The van der Waals surface area contributed by atoms with E-state index in [1.165, 1.54) is 6.20 Å². The molecule has 1 aliphatic heterocycles. The van der Waals surface area contributed by atoms with Crippen LogP contribution in [0.5, 0.6) is 0 Å². The number of hydrogen-bond acceptors (Lipinski definition) is 3. The van der Waals surface area contributed by atoms with Crippen molar-refractivity contribution in [3.63, 3.8) is 0 Å². The lowest BCUT2D eigenvalue weighted by Crippen LogP contribution is -2.47. The molecule has 0 bridgehead atoms. The largest absolute Gasteiger partial charge is 0.404 e. The van der Waals surface area contributed by atoms with Crippen LogP contribution in [0.1, 0.15) is 22.3 Å². The Morgan fingerprint density at radius 2 is 1.35 bits per heavy atom. The number of nitrogens with zero attached hydrogens (tertiary/aromatic N) is 3. The van der Waals surface area contributed by atoms with Crippen LogP contribution in [-0.2, 0) is 5.54 Å². The third-order valence-corrected chi connectivity index (χ3v) is 6.86. The van der Waals surface area contributed by atoms with Gasteiger partial charge in [-0.15, -0.1) is 0 Å². The Labute approximate surface area is 230 Å². The fraction of sp³-hybridized carbons (Fsp3) is 0.0323. The summed E-state index contributed by atoms with van der Waals surface area (Å²) in [5.74, 6) is 0.508. The third-order valence-electron chi connectivity index (χ3n) is 6.28. The number of hydrazone groups is 1. The van der Waals surface area contributed by atoms with Crippen molar-refractivity contribution in [2.24, 2.45) is 15.8 Å². The van der Waals surface area contributed by atoms with Crippen molar-refractivity contribution in [3.05, 3.63) is 165 Å². The maximum Gasteiger partial charge on any atom is 0.163 e. The molecular weight excluding hydrogens is 544 g/mol. The average molecular weight is 568 g/mol. The van der Waals surface area contributed by atoms with E-state index in [1.807, 2.05) is 83.9 Å². The highest BCUT2D eigenvalue weighted by atomic mass is 79.9. The van der Waals surface area contributed by atoms with E-state index < -0.39 is 5.54 Å². The molecule has 2 N–H and O–H groups in total. The molecule has 0 aromatic heterocycles. The summed E-state index contributed by atoms with van der Waals surface area (Å²) in [4.78, 5) is 4.69. The monoisotopic (exact) mass is 566 g/mol. The van der Waals surface area contributed by atoms with E-state index in [4.69, 9.17) is 22.4 Å². The van der Waals surface area contributed by atoms with E-state index in [9.17, 15) is 0 Å². The molecule has 0 saturated heterocycles. The van der Waals surface area contributed by atoms with Gasteiger partial charge in [-0.2, -0.15) is 5.10 Å². The molecule has 4 aromatic carbocycles. The SMILES string of the molecule is C=C(Cl)/N=C1\C(=C/N)C(c2cccc(Br)c2)=NN1C(c1ccccc1)(c1ccccc1)c1ccccc1. The minimum absolute atomic E-state index is 0.133. The van der Waals surface area contributed by atoms with Crippen LogP contribution >= 0.6 is 27.5 Å². The van der Waals surface area contributed by atoms with Gasteiger partial charge in [0.1, 0.15) is 16.4 Å². The highest BCUT2D eigenvalue weighted by Crippen LogP contribution is 2.46. The Morgan fingerprint density at radius 3 is 1.78 bits per heavy atom. The second kappa shape index (κ2) is 10.6. The summed E-state index contributed by atoms with van der Waals surface area (Å²) >= 11 is 9.90. The van der Waals surface area contributed by atoms with Gasteiger partial charge in [0, 0.05) is 16.2 Å². The van der Waals surface area contributed by atoms with Gasteiger partial charge in [-0.05, 0) is 28.8 Å². The lowest BCUT2D eigenvalue weighted by molar-refractivity contribution is 0.284. The molecule has 0 saturated carbocycles. The van der Waals surface area contributed by atoms with Gasteiger partial charge < -0.3 is 5.73 Å². The first-order valence-electron chi connectivity index (χ1n) is 11.7. The van der Waals surface area contributed by atoms with Gasteiger partial charge in [-0.25, -0.2) is 10.0 Å². The fourth-order valence-electron chi connectivity index (χ4n) is 4.78. The predicted molar refractivity (Wildman–Crippen MR) is 156 cm³/mol. The first-order valence-corrected chi connectivity index (χ1v) is 12.9. The zero-order valence-corrected chi connectivity index (χ0v) is 22.3. The van der Waals surface area contributed by atoms with Crippen LogP contribution in [0.2, 0.25) is 0 Å². The van der Waals surface area contributed by atoms with E-state index in [2.05, 4.69) is 63.9 Å². The number of aliphatic imine (C=N–C) groups is 1. The standard InChI is InChI=1S/C31H24BrClN4/c1-22(33)35-30-28(21-34)29(23-12-11-19-27(32)20-23)36-37(30)31(24-13-5-2-6-14-24,25-15-7-3-8-16-25)26-17-9-4-10-18-26/h2-21H,1,34H2/b28-21-,35-30+. The molecule has 0 unspecified atom stereocenters. The van der Waals surface area contributed by atoms with Gasteiger partial charge in [0.25, 0.3) is 0 Å². The minimum atomic E-state index is -0.892. The molecule has 1 aliphatic rings. The van der Waals surface area contributed by atoms with Gasteiger partial charge in [0.15, 0.2) is 5.84 Å². The number of amidine groups is 1. The zero-order chi connectivity index (χ0) is 25.8. The summed E-state index contributed by atoms with van der Waals surface area (Å²) in [7, 11) is 0. The van der Waals surface area contributed by atoms with E-state index in [1.54, 1.807) is 0 Å². The lowest BCUT2D eigenvalue weighted by atomic mass is 9.76. The molecule has 4 nitrogen and oxygen atoms in total. The summed E-state index contributed by atoms with van der Waals surface area (Å²) in [5.41, 5.74) is 10.6. The molecule has 0 fully saturated rings. The summed E-state index contributed by atoms with van der Waals surface area (Å²) in [5, 5.41) is 7.30. The highest BCUT2D eigenvalue weighted by Gasteiger charge is 2.48. The number of halogens is 2. The fourth-order valence-corrected chi connectivity index (χ4v) is 5.26. The number of nitrogens with two attached hydrogens (primary N) is 1. The second-order valence-corrected chi connectivity index (χ2v) is 9.82. The smallest absolute Gasteiger partial charge is 0.163 e. The van der Waals surface area contributed by atoms with Crippen LogP contribution in [-0.4, -0.2) is 16.6 Å². The molecule has 182 valence electrons. The van der Waals surface area contributed by atoms with Crippen LogP contribution in [0.15, 0.2) is 153 Å². The molecule has 0 spiro atoms. The van der Waals surface area contributed by atoms with Gasteiger partial charge in [0.05, 0.1) is 5.57 Å². The van der Waals surface area contributed by atoms with Crippen molar-refractivity contribution in [2.45, 2.75) is 5.54 Å². The molecule has 1 heterocycles. The maximum atomic E-state index is 6.32. The van der Waals surface area contributed by atoms with E-state index in [0.717, 1.165) is 26.7 Å². The first kappa shape index (κ1) is 24.8. The van der Waals surface area contributed by atoms with E-state index in [-0.39, 0.29) is 5.16 Å². The summed E-state index contributed by atoms with van der Waals surface area (Å²) in [6.45, 7) is 3.86. The normalized spacial score (nSPS) is 15.7. The van der Waals surface area contributed by atoms with Crippen molar-refractivity contribution in [2.75, 3.05) is 0 Å². The Bertz CT molecular complexity index is 1420. The van der Waals surface area contributed by atoms with Crippen molar-refractivity contribution in [1.82, 2.24) is 5.01 Å². The molecule has 0 radical (unpaired) electrons. The first-order chi connectivity index (χ1) is 18.1. The average Bonchev–Trinajstić information content (AvgIpc) is 3.29. The highest BCUT2D eigenvalue weighted by molar-refractivity contribution is 9.10. The molecule has 37 heavy (non-hydrogen) atoms. The molecular formula is C31H24BrClN4. The molecule has 0 atom stereocenters. The number of rotatable bonds is 6. The van der Waals surface area contributed by atoms with Crippen LogP contribution in [0.4, 0.5) is 0 Å². The zero-order valence-electron chi connectivity index (χ0n) is 19.9. The molecule has 0 aliphatic carbocycles. The minimum Gasteiger partial charge on any atom is -0.404 e. The van der Waals surface area contributed by atoms with Crippen molar-refractivity contribution in [1.29, 1.82) is 0 Å². The molecule has 5 rings (SSSR count). The van der Waals surface area contributed by atoms with Gasteiger partial charge in [-0.1, -0.05) is 137 Å². The molecule has 6 heteroatoms. The topological polar surface area (TPSA) is 54.0 Å². The second-order valence-electron chi connectivity index (χ2n) is 8.47. The van der Waals surface area contributed by atoms with E-state index in [0.29, 0.717) is 17.1 Å². The third kappa shape index (κ3) is 4.52. The Hall–Kier alpha value is -3.93. The molecule has 4 aromatic rings.